The fraction of sp³-hybridized carbons (Fsp3) is 0.250. The van der Waals surface area contributed by atoms with Crippen molar-refractivity contribution in [2.45, 2.75) is 33.1 Å². The molecule has 124 valence electrons. The van der Waals surface area contributed by atoms with E-state index < -0.39 is 0 Å². The van der Waals surface area contributed by atoms with Gasteiger partial charge in [-0.2, -0.15) is 0 Å². The van der Waals surface area contributed by atoms with E-state index in [9.17, 15) is 9.90 Å². The molecular formula is C20H21NO3. The van der Waals surface area contributed by atoms with Gasteiger partial charge in [-0.25, -0.2) is 0 Å². The number of aryl methyl sites for hydroxylation is 1. The summed E-state index contributed by atoms with van der Waals surface area (Å²) in [4.78, 5) is 12.3. The first-order valence-electron chi connectivity index (χ1n) is 8.04. The molecule has 0 bridgehead atoms. The Hall–Kier alpha value is -2.75. The number of anilines is 1. The Kier molecular flexibility index (Phi) is 4.30. The minimum Gasteiger partial charge on any atom is -0.506 e. The molecule has 1 amide bonds. The lowest BCUT2D eigenvalue weighted by atomic mass is 9.95. The lowest BCUT2D eigenvalue weighted by Crippen LogP contribution is -2.14. The van der Waals surface area contributed by atoms with Crippen molar-refractivity contribution in [3.63, 3.8) is 0 Å². The molecule has 4 heteroatoms. The number of hydrogen-bond donors (Lipinski definition) is 2. The third-order valence-electron chi connectivity index (χ3n) is 4.19. The normalized spacial score (nSPS) is 11.2. The van der Waals surface area contributed by atoms with Crippen LogP contribution in [-0.2, 0) is 11.2 Å². The molecule has 2 aromatic carbocycles. The van der Waals surface area contributed by atoms with Crippen molar-refractivity contribution in [2.75, 3.05) is 5.32 Å². The first-order chi connectivity index (χ1) is 11.5. The van der Waals surface area contributed by atoms with Gasteiger partial charge in [-0.15, -0.1) is 0 Å². The van der Waals surface area contributed by atoms with Crippen LogP contribution in [0, 0.1) is 6.92 Å². The predicted octanol–water partition coefficient (Wildman–Crippen LogP) is 4.75. The lowest BCUT2D eigenvalue weighted by molar-refractivity contribution is -0.115. The molecule has 1 heterocycles. The highest BCUT2D eigenvalue weighted by Crippen LogP contribution is 2.29. The standard InChI is InChI=1S/C20H21NO3/c1-12(2)15-10-16-14(11-24-19(16)8-13(15)3)9-20(23)21-17-6-4-5-7-18(17)22/h4-8,10-12,22H,9H2,1-3H3,(H,21,23). The maximum atomic E-state index is 12.3. The SMILES string of the molecule is Cc1cc2occ(CC(=O)Nc3ccccc3O)c2cc1C(C)C. The Morgan fingerprint density at radius 2 is 2.00 bits per heavy atom. The first kappa shape index (κ1) is 16.1. The molecule has 2 N–H and O–H groups in total. The third kappa shape index (κ3) is 3.13. The zero-order valence-corrected chi connectivity index (χ0v) is 14.1. The van der Waals surface area contributed by atoms with E-state index in [1.54, 1.807) is 30.5 Å². The predicted molar refractivity (Wildman–Crippen MR) is 95.5 cm³/mol. The minimum atomic E-state index is -0.189. The van der Waals surface area contributed by atoms with Crippen molar-refractivity contribution in [3.05, 3.63) is 59.4 Å². The Morgan fingerprint density at radius 1 is 1.25 bits per heavy atom. The molecule has 0 saturated carbocycles. The highest BCUT2D eigenvalue weighted by atomic mass is 16.3. The molecule has 0 fully saturated rings. The van der Waals surface area contributed by atoms with Gasteiger partial charge in [0.2, 0.25) is 5.91 Å². The van der Waals surface area contributed by atoms with Crippen molar-refractivity contribution in [2.24, 2.45) is 0 Å². The number of rotatable bonds is 4. The highest BCUT2D eigenvalue weighted by molar-refractivity contribution is 5.96. The second-order valence-electron chi connectivity index (χ2n) is 6.36. The van der Waals surface area contributed by atoms with E-state index in [1.807, 2.05) is 6.07 Å². The molecule has 3 aromatic rings. The Labute approximate surface area is 141 Å². The van der Waals surface area contributed by atoms with Crippen molar-refractivity contribution < 1.29 is 14.3 Å². The van der Waals surface area contributed by atoms with Crippen LogP contribution in [0.5, 0.6) is 5.75 Å². The van der Waals surface area contributed by atoms with E-state index in [2.05, 4.69) is 32.2 Å². The summed E-state index contributed by atoms with van der Waals surface area (Å²) >= 11 is 0. The number of benzene rings is 2. The quantitative estimate of drug-likeness (QED) is 0.681. The molecular weight excluding hydrogens is 302 g/mol. The van der Waals surface area contributed by atoms with Gasteiger partial charge in [0, 0.05) is 10.9 Å². The second kappa shape index (κ2) is 6.40. The zero-order valence-electron chi connectivity index (χ0n) is 14.1. The van der Waals surface area contributed by atoms with Crippen LogP contribution in [-0.4, -0.2) is 11.0 Å². The molecule has 0 aliphatic carbocycles. The van der Waals surface area contributed by atoms with Crippen LogP contribution < -0.4 is 5.32 Å². The number of furan rings is 1. The van der Waals surface area contributed by atoms with E-state index in [0.717, 1.165) is 16.5 Å². The molecule has 0 atom stereocenters. The summed E-state index contributed by atoms with van der Waals surface area (Å²) in [6.07, 6.45) is 1.83. The zero-order chi connectivity index (χ0) is 17.3. The fourth-order valence-electron chi connectivity index (χ4n) is 2.95. The van der Waals surface area contributed by atoms with Crippen LogP contribution in [0.2, 0.25) is 0 Å². The van der Waals surface area contributed by atoms with Gasteiger partial charge in [0.25, 0.3) is 0 Å². The van der Waals surface area contributed by atoms with Crippen LogP contribution in [0.3, 0.4) is 0 Å². The average molecular weight is 323 g/mol. The van der Waals surface area contributed by atoms with Gasteiger partial charge in [-0.05, 0) is 48.2 Å². The summed E-state index contributed by atoms with van der Waals surface area (Å²) in [5.41, 5.74) is 4.50. The van der Waals surface area contributed by atoms with Gasteiger partial charge in [0.05, 0.1) is 18.4 Å². The summed E-state index contributed by atoms with van der Waals surface area (Å²) in [5, 5.41) is 13.5. The van der Waals surface area contributed by atoms with E-state index in [-0.39, 0.29) is 18.1 Å². The smallest absolute Gasteiger partial charge is 0.229 e. The Morgan fingerprint density at radius 3 is 2.71 bits per heavy atom. The van der Waals surface area contributed by atoms with Crippen LogP contribution in [0.4, 0.5) is 5.69 Å². The van der Waals surface area contributed by atoms with Crippen LogP contribution >= 0.6 is 0 Å². The molecule has 0 radical (unpaired) electrons. The molecule has 1 aromatic heterocycles. The largest absolute Gasteiger partial charge is 0.506 e. The van der Waals surface area contributed by atoms with E-state index in [4.69, 9.17) is 4.42 Å². The lowest BCUT2D eigenvalue weighted by Gasteiger charge is -2.10. The first-order valence-corrected chi connectivity index (χ1v) is 8.04. The Balaban J connectivity index is 1.86. The summed E-state index contributed by atoms with van der Waals surface area (Å²) in [5.74, 6) is 0.277. The van der Waals surface area contributed by atoms with Crippen LogP contribution in [0.25, 0.3) is 11.0 Å². The molecule has 3 rings (SSSR count). The molecule has 24 heavy (non-hydrogen) atoms. The van der Waals surface area contributed by atoms with Crippen molar-refractivity contribution in [3.8, 4) is 5.75 Å². The van der Waals surface area contributed by atoms with Crippen molar-refractivity contribution >= 4 is 22.6 Å². The molecule has 0 aliphatic rings. The number of carbonyl (C=O) groups excluding carboxylic acids is 1. The van der Waals surface area contributed by atoms with E-state index in [0.29, 0.717) is 11.6 Å². The average Bonchev–Trinajstić information content (AvgIpc) is 2.90. The topological polar surface area (TPSA) is 62.5 Å². The highest BCUT2D eigenvalue weighted by Gasteiger charge is 2.14. The summed E-state index contributed by atoms with van der Waals surface area (Å²) in [6.45, 7) is 6.37. The summed E-state index contributed by atoms with van der Waals surface area (Å²) in [7, 11) is 0. The summed E-state index contributed by atoms with van der Waals surface area (Å²) in [6, 6.07) is 10.8. The van der Waals surface area contributed by atoms with Crippen LogP contribution in [0.15, 0.2) is 47.1 Å². The number of aromatic hydroxyl groups is 1. The number of nitrogens with one attached hydrogen (secondary N) is 1. The van der Waals surface area contributed by atoms with Crippen molar-refractivity contribution in [1.29, 1.82) is 0 Å². The molecule has 0 spiro atoms. The number of phenols is 1. The van der Waals surface area contributed by atoms with Gasteiger partial charge in [-0.1, -0.05) is 26.0 Å². The second-order valence-corrected chi connectivity index (χ2v) is 6.36. The maximum Gasteiger partial charge on any atom is 0.229 e. The van der Waals surface area contributed by atoms with Gasteiger partial charge >= 0.3 is 0 Å². The number of amides is 1. The van der Waals surface area contributed by atoms with Gasteiger partial charge in [-0.3, -0.25) is 4.79 Å². The maximum absolute atomic E-state index is 12.3. The molecule has 0 unspecified atom stereocenters. The number of carbonyl (C=O) groups is 1. The Bertz CT molecular complexity index is 893. The minimum absolute atomic E-state index is 0.0561. The van der Waals surface area contributed by atoms with Crippen molar-refractivity contribution in [1.82, 2.24) is 0 Å². The fourth-order valence-corrected chi connectivity index (χ4v) is 2.95. The van der Waals surface area contributed by atoms with E-state index >= 15 is 0 Å². The third-order valence-corrected chi connectivity index (χ3v) is 4.19. The molecule has 4 nitrogen and oxygen atoms in total. The number of phenolic OH excluding ortho intramolecular Hbond substituents is 1. The number of fused-ring (bicyclic) bond motifs is 1. The van der Waals surface area contributed by atoms with Crippen LogP contribution in [0.1, 0.15) is 36.5 Å². The van der Waals surface area contributed by atoms with Gasteiger partial charge in [0.15, 0.2) is 0 Å². The monoisotopic (exact) mass is 323 g/mol. The molecule has 0 saturated heterocycles. The van der Waals surface area contributed by atoms with E-state index in [1.165, 1.54) is 11.1 Å². The number of hydrogen-bond acceptors (Lipinski definition) is 3. The summed E-state index contributed by atoms with van der Waals surface area (Å²) < 4.78 is 5.61. The number of para-hydroxylation sites is 2. The van der Waals surface area contributed by atoms with Gasteiger partial charge < -0.3 is 14.8 Å². The van der Waals surface area contributed by atoms with Gasteiger partial charge in [0.1, 0.15) is 11.3 Å². The molecule has 0 aliphatic heterocycles.